The van der Waals surface area contributed by atoms with Gasteiger partial charge in [0.25, 0.3) is 5.91 Å². The van der Waals surface area contributed by atoms with E-state index in [4.69, 9.17) is 27.9 Å². The third kappa shape index (κ3) is 4.93. The maximum absolute atomic E-state index is 12.7. The van der Waals surface area contributed by atoms with Crippen LogP contribution in [0.1, 0.15) is 12.8 Å². The molecule has 2 aromatic rings. The van der Waals surface area contributed by atoms with Crippen molar-refractivity contribution in [3.05, 3.63) is 52.5 Å². The number of benzene rings is 2. The highest BCUT2D eigenvalue weighted by Crippen LogP contribution is 2.29. The Bertz CT molecular complexity index is 944. The van der Waals surface area contributed by atoms with Gasteiger partial charge in [-0.15, -0.1) is 0 Å². The van der Waals surface area contributed by atoms with Gasteiger partial charge in [-0.25, -0.2) is 8.42 Å². The van der Waals surface area contributed by atoms with Crippen LogP contribution in [0.2, 0.25) is 10.0 Å². The number of anilines is 1. The van der Waals surface area contributed by atoms with Gasteiger partial charge in [0.15, 0.2) is 6.61 Å². The minimum absolute atomic E-state index is 0.0142. The average molecular weight is 429 g/mol. The zero-order valence-electron chi connectivity index (χ0n) is 14.3. The lowest BCUT2D eigenvalue weighted by atomic mass is 10.3. The fourth-order valence-corrected chi connectivity index (χ4v) is 4.95. The Morgan fingerprint density at radius 2 is 1.85 bits per heavy atom. The summed E-state index contributed by atoms with van der Waals surface area (Å²) in [6, 6.07) is 11.1. The first-order valence-electron chi connectivity index (χ1n) is 8.34. The molecular formula is C18H18Cl2N2O4S. The van der Waals surface area contributed by atoms with Crippen LogP contribution in [0.3, 0.4) is 0 Å². The van der Waals surface area contributed by atoms with Crippen molar-refractivity contribution in [2.75, 3.05) is 25.0 Å². The summed E-state index contributed by atoms with van der Waals surface area (Å²) < 4.78 is 32.2. The Kier molecular flexibility index (Phi) is 6.26. The zero-order chi connectivity index (χ0) is 19.4. The Hall–Kier alpha value is -1.80. The molecule has 3 rings (SSSR count). The van der Waals surface area contributed by atoms with Gasteiger partial charge in [0.2, 0.25) is 10.0 Å². The number of hydrogen-bond donors (Lipinski definition) is 1. The molecule has 1 aliphatic heterocycles. The summed E-state index contributed by atoms with van der Waals surface area (Å²) in [6.45, 7) is 0.711. The summed E-state index contributed by atoms with van der Waals surface area (Å²) in [5.41, 5.74) is 0.330. The number of nitrogens with one attached hydrogen (secondary N) is 1. The van der Waals surface area contributed by atoms with Gasteiger partial charge < -0.3 is 10.1 Å². The second-order valence-electron chi connectivity index (χ2n) is 6.05. The van der Waals surface area contributed by atoms with Gasteiger partial charge in [-0.05, 0) is 49.2 Å². The number of rotatable bonds is 6. The average Bonchev–Trinajstić information content (AvgIpc) is 3.17. The lowest BCUT2D eigenvalue weighted by molar-refractivity contribution is -0.118. The van der Waals surface area contributed by atoms with Crippen LogP contribution in [0.15, 0.2) is 47.4 Å². The molecule has 9 heteroatoms. The van der Waals surface area contributed by atoms with Gasteiger partial charge in [-0.1, -0.05) is 29.3 Å². The van der Waals surface area contributed by atoms with Crippen molar-refractivity contribution in [2.45, 2.75) is 17.7 Å². The van der Waals surface area contributed by atoms with Crippen molar-refractivity contribution in [3.63, 3.8) is 0 Å². The lowest BCUT2D eigenvalue weighted by Gasteiger charge is -2.17. The summed E-state index contributed by atoms with van der Waals surface area (Å²) >= 11 is 12.0. The number of carbonyl (C=O) groups is 1. The molecule has 0 saturated carbocycles. The number of halogens is 2. The van der Waals surface area contributed by atoms with Crippen molar-refractivity contribution in [1.29, 1.82) is 0 Å². The number of nitrogens with zero attached hydrogens (tertiary/aromatic N) is 1. The van der Waals surface area contributed by atoms with Crippen LogP contribution in [0.25, 0.3) is 0 Å². The third-order valence-electron chi connectivity index (χ3n) is 4.06. The molecular weight excluding hydrogens is 411 g/mol. The third-order valence-corrected chi connectivity index (χ3v) is 6.68. The fourth-order valence-electron chi connectivity index (χ4n) is 2.75. The molecule has 0 unspecified atom stereocenters. The highest BCUT2D eigenvalue weighted by atomic mass is 35.5. The number of amides is 1. The minimum Gasteiger partial charge on any atom is -0.484 e. The number of sulfonamides is 1. The first-order valence-corrected chi connectivity index (χ1v) is 10.5. The molecule has 144 valence electrons. The van der Waals surface area contributed by atoms with E-state index in [0.717, 1.165) is 12.8 Å². The molecule has 6 nitrogen and oxygen atoms in total. The Morgan fingerprint density at radius 1 is 1.11 bits per heavy atom. The summed E-state index contributed by atoms with van der Waals surface area (Å²) in [5, 5.41) is 3.24. The molecule has 0 radical (unpaired) electrons. The normalized spacial score (nSPS) is 14.9. The first kappa shape index (κ1) is 19.9. The van der Waals surface area contributed by atoms with Gasteiger partial charge in [0.1, 0.15) is 10.6 Å². The molecule has 27 heavy (non-hydrogen) atoms. The second-order valence-corrected chi connectivity index (χ2v) is 8.80. The van der Waals surface area contributed by atoms with Crippen LogP contribution in [0.5, 0.6) is 5.75 Å². The molecule has 0 spiro atoms. The van der Waals surface area contributed by atoms with Crippen LogP contribution in [0.4, 0.5) is 5.69 Å². The highest BCUT2D eigenvalue weighted by molar-refractivity contribution is 7.89. The standard InChI is InChI=1S/C18H18Cl2N2O4S/c19-13-4-3-5-15(10-13)26-12-18(23)21-14-6-7-16(20)17(11-14)27(24,25)22-8-1-2-9-22/h3-7,10-11H,1-2,8-9,12H2,(H,21,23). The van der Waals surface area contributed by atoms with E-state index < -0.39 is 15.9 Å². The van der Waals surface area contributed by atoms with Crippen molar-refractivity contribution in [3.8, 4) is 5.75 Å². The first-order chi connectivity index (χ1) is 12.9. The SMILES string of the molecule is O=C(COc1cccc(Cl)c1)Nc1ccc(Cl)c(S(=O)(=O)N2CCCC2)c1. The Labute approximate surface area is 168 Å². The molecule has 0 bridgehead atoms. The van der Waals surface area contributed by atoms with E-state index in [9.17, 15) is 13.2 Å². The molecule has 1 aliphatic rings. The predicted molar refractivity (Wildman–Crippen MR) is 105 cm³/mol. The molecule has 1 N–H and O–H groups in total. The number of carbonyl (C=O) groups excluding carboxylic acids is 1. The van der Waals surface area contributed by atoms with Crippen molar-refractivity contribution >= 4 is 44.8 Å². The van der Waals surface area contributed by atoms with E-state index >= 15 is 0 Å². The minimum atomic E-state index is -3.68. The van der Waals surface area contributed by atoms with Crippen molar-refractivity contribution in [2.24, 2.45) is 0 Å². The van der Waals surface area contributed by atoms with Crippen LogP contribution < -0.4 is 10.1 Å². The highest BCUT2D eigenvalue weighted by Gasteiger charge is 2.29. The summed E-state index contributed by atoms with van der Waals surface area (Å²) in [4.78, 5) is 12.1. The van der Waals surface area contributed by atoms with Gasteiger partial charge >= 0.3 is 0 Å². The van der Waals surface area contributed by atoms with Gasteiger partial charge in [-0.2, -0.15) is 4.31 Å². The van der Waals surface area contributed by atoms with E-state index in [1.807, 2.05) is 0 Å². The molecule has 0 aromatic heterocycles. The Morgan fingerprint density at radius 3 is 2.56 bits per heavy atom. The monoisotopic (exact) mass is 428 g/mol. The maximum Gasteiger partial charge on any atom is 0.262 e. The van der Waals surface area contributed by atoms with Crippen LogP contribution in [0, 0.1) is 0 Å². The molecule has 0 atom stereocenters. The molecule has 1 saturated heterocycles. The topological polar surface area (TPSA) is 75.7 Å². The fraction of sp³-hybridized carbons (Fsp3) is 0.278. The number of ether oxygens (including phenoxy) is 1. The molecule has 1 amide bonds. The molecule has 1 fully saturated rings. The quantitative estimate of drug-likeness (QED) is 0.758. The van der Waals surface area contributed by atoms with Crippen LogP contribution >= 0.6 is 23.2 Å². The van der Waals surface area contributed by atoms with E-state index in [0.29, 0.717) is 29.5 Å². The van der Waals surface area contributed by atoms with E-state index in [-0.39, 0.29) is 16.5 Å². The summed E-state index contributed by atoms with van der Waals surface area (Å²) in [6.07, 6.45) is 1.65. The smallest absolute Gasteiger partial charge is 0.262 e. The molecule has 0 aliphatic carbocycles. The van der Waals surface area contributed by atoms with E-state index in [1.165, 1.54) is 16.4 Å². The zero-order valence-corrected chi connectivity index (χ0v) is 16.6. The van der Waals surface area contributed by atoms with Crippen molar-refractivity contribution in [1.82, 2.24) is 4.31 Å². The lowest BCUT2D eigenvalue weighted by Crippen LogP contribution is -2.28. The van der Waals surface area contributed by atoms with Gasteiger partial charge in [-0.3, -0.25) is 4.79 Å². The summed E-state index contributed by atoms with van der Waals surface area (Å²) in [7, 11) is -3.68. The van der Waals surface area contributed by atoms with E-state index in [2.05, 4.69) is 5.32 Å². The Balaban J connectivity index is 1.69. The molecule has 2 aromatic carbocycles. The second kappa shape index (κ2) is 8.48. The van der Waals surface area contributed by atoms with E-state index in [1.54, 1.807) is 30.3 Å². The molecule has 1 heterocycles. The summed E-state index contributed by atoms with van der Waals surface area (Å²) in [5.74, 6) is 0.0351. The van der Waals surface area contributed by atoms with Gasteiger partial charge in [0.05, 0.1) is 5.02 Å². The van der Waals surface area contributed by atoms with Crippen LogP contribution in [-0.4, -0.2) is 38.3 Å². The van der Waals surface area contributed by atoms with Gasteiger partial charge in [0, 0.05) is 23.8 Å². The van der Waals surface area contributed by atoms with Crippen molar-refractivity contribution < 1.29 is 17.9 Å². The number of hydrogen-bond acceptors (Lipinski definition) is 4. The maximum atomic E-state index is 12.7. The predicted octanol–water partition coefficient (Wildman–Crippen LogP) is 3.80. The largest absolute Gasteiger partial charge is 0.484 e. The van der Waals surface area contributed by atoms with Crippen LogP contribution in [-0.2, 0) is 14.8 Å².